The number of imide groups is 1. The van der Waals surface area contributed by atoms with Gasteiger partial charge in [0.05, 0.1) is 24.8 Å². The molecule has 0 radical (unpaired) electrons. The smallest absolute Gasteiger partial charge is 0.416 e. The first kappa shape index (κ1) is 35.1. The van der Waals surface area contributed by atoms with Gasteiger partial charge in [-0.1, -0.05) is 104 Å². The Balaban J connectivity index is 2.74. The summed E-state index contributed by atoms with van der Waals surface area (Å²) in [6, 6.07) is 0. The topological polar surface area (TPSA) is 65.1 Å². The van der Waals surface area contributed by atoms with Crippen LogP contribution in [0.25, 0.3) is 0 Å². The normalized spacial score (nSPS) is 22.5. The third-order valence-electron chi connectivity index (χ3n) is 10.4. The average Bonchev–Trinajstić information content (AvgIpc) is 3.23. The first-order chi connectivity index (χ1) is 18.3. The van der Waals surface area contributed by atoms with Crippen LogP contribution in [0.1, 0.15) is 110 Å². The Hall–Kier alpha value is -1.13. The molecule has 0 unspecified atom stereocenters. The summed E-state index contributed by atoms with van der Waals surface area (Å²) in [5.41, 5.74) is 3.26. The first-order valence-electron chi connectivity index (χ1n) is 15.8. The maximum atomic E-state index is 14.0. The van der Waals surface area contributed by atoms with Gasteiger partial charge < -0.3 is 13.6 Å². The van der Waals surface area contributed by atoms with E-state index in [0.29, 0.717) is 52.8 Å². The largest absolute Gasteiger partial charge is 0.546 e. The summed E-state index contributed by atoms with van der Waals surface area (Å²) < 4.78 is 19.8. The maximum Gasteiger partial charge on any atom is 0.416 e. The van der Waals surface area contributed by atoms with Gasteiger partial charge in [0, 0.05) is 11.8 Å². The highest BCUT2D eigenvalue weighted by Gasteiger charge is 2.54. The number of amides is 2. The monoisotopic (exact) mass is 595 g/mol. The lowest BCUT2D eigenvalue weighted by atomic mass is 9.62. The number of cyclic esters (lactones) is 1. The summed E-state index contributed by atoms with van der Waals surface area (Å²) in [6.45, 7) is 35.3. The van der Waals surface area contributed by atoms with Crippen molar-refractivity contribution in [2.45, 2.75) is 144 Å². The Kier molecular flexibility index (Phi) is 11.4. The summed E-state index contributed by atoms with van der Waals surface area (Å²) in [7, 11) is -4.43. The number of allylic oxidation sites excluding steroid dienone is 1. The molecule has 6 nitrogen and oxygen atoms in total. The molecule has 2 aliphatic rings. The third-order valence-corrected chi connectivity index (χ3v) is 22.5. The van der Waals surface area contributed by atoms with E-state index in [1.807, 2.05) is 0 Å². The molecule has 2 amide bonds. The lowest BCUT2D eigenvalue weighted by molar-refractivity contribution is -0.138. The van der Waals surface area contributed by atoms with E-state index >= 15 is 0 Å². The minimum atomic E-state index is -2.25. The van der Waals surface area contributed by atoms with E-state index in [9.17, 15) is 9.59 Å². The van der Waals surface area contributed by atoms with Crippen molar-refractivity contribution in [2.24, 2.45) is 17.3 Å². The molecule has 0 aromatic carbocycles. The molecule has 1 heterocycles. The van der Waals surface area contributed by atoms with E-state index in [2.05, 4.69) is 104 Å². The van der Waals surface area contributed by atoms with Crippen molar-refractivity contribution in [3.8, 4) is 0 Å². The van der Waals surface area contributed by atoms with Crippen LogP contribution in [0.5, 0.6) is 0 Å². The lowest BCUT2D eigenvalue weighted by Crippen LogP contribution is -2.53. The highest BCUT2D eigenvalue weighted by Crippen LogP contribution is 2.53. The van der Waals surface area contributed by atoms with Crippen molar-refractivity contribution in [1.82, 2.24) is 4.90 Å². The minimum absolute atomic E-state index is 0.0233. The van der Waals surface area contributed by atoms with Crippen molar-refractivity contribution in [1.29, 1.82) is 0 Å². The van der Waals surface area contributed by atoms with E-state index in [1.165, 1.54) is 4.90 Å². The molecular formula is C32H61NO5Si2. The molecule has 0 bridgehead atoms. The number of nitrogens with zero attached hydrogens (tertiary/aromatic N) is 1. The SMILES string of the molecule is CC(C)[Si](OCC1=C(O[Si](C(C)C)(C(C)C)C(C)C)C[C@H](C)[C@@H](C(=O)N2CCOC2=O)C1(C)C)(C(C)C)C(C)C. The van der Waals surface area contributed by atoms with Gasteiger partial charge in [-0.15, -0.1) is 0 Å². The van der Waals surface area contributed by atoms with Crippen molar-refractivity contribution < 1.29 is 23.2 Å². The summed E-state index contributed by atoms with van der Waals surface area (Å²) in [4.78, 5) is 27.7. The highest BCUT2D eigenvalue weighted by atomic mass is 28.4. The molecular weight excluding hydrogens is 535 g/mol. The zero-order chi connectivity index (χ0) is 31.0. The molecule has 1 saturated heterocycles. The first-order valence-corrected chi connectivity index (χ1v) is 20.1. The maximum absolute atomic E-state index is 14.0. The second-order valence-electron chi connectivity index (χ2n) is 14.9. The van der Waals surface area contributed by atoms with Crippen LogP contribution in [0.15, 0.2) is 11.3 Å². The zero-order valence-electron chi connectivity index (χ0n) is 28.4. The number of carbonyl (C=O) groups is 2. The molecule has 1 fully saturated rings. The predicted molar refractivity (Wildman–Crippen MR) is 170 cm³/mol. The number of carbonyl (C=O) groups excluding carboxylic acids is 2. The van der Waals surface area contributed by atoms with E-state index in [1.54, 1.807) is 0 Å². The van der Waals surface area contributed by atoms with Gasteiger partial charge in [0.15, 0.2) is 0 Å². The summed E-state index contributed by atoms with van der Waals surface area (Å²) >= 11 is 0. The van der Waals surface area contributed by atoms with Gasteiger partial charge in [0.1, 0.15) is 6.61 Å². The molecule has 0 saturated carbocycles. The van der Waals surface area contributed by atoms with Gasteiger partial charge >= 0.3 is 6.09 Å². The van der Waals surface area contributed by atoms with Gasteiger partial charge in [0.2, 0.25) is 14.2 Å². The fraction of sp³-hybridized carbons (Fsp3) is 0.875. The van der Waals surface area contributed by atoms with Crippen LogP contribution in [0.2, 0.25) is 33.2 Å². The molecule has 0 aromatic rings. The molecule has 0 spiro atoms. The van der Waals surface area contributed by atoms with Crippen molar-refractivity contribution in [2.75, 3.05) is 19.8 Å². The Labute approximate surface area is 248 Å². The van der Waals surface area contributed by atoms with E-state index in [4.69, 9.17) is 13.6 Å². The zero-order valence-corrected chi connectivity index (χ0v) is 30.4. The van der Waals surface area contributed by atoms with Crippen LogP contribution in [0.4, 0.5) is 4.79 Å². The molecule has 0 aromatic heterocycles. The van der Waals surface area contributed by atoms with Gasteiger partial charge in [-0.05, 0) is 44.7 Å². The Morgan fingerprint density at radius 2 is 1.32 bits per heavy atom. The molecule has 1 aliphatic heterocycles. The second kappa shape index (κ2) is 13.0. The number of hydrogen-bond acceptors (Lipinski definition) is 5. The van der Waals surface area contributed by atoms with Crippen molar-refractivity contribution in [3.05, 3.63) is 11.3 Å². The van der Waals surface area contributed by atoms with E-state index in [0.717, 1.165) is 11.3 Å². The fourth-order valence-electron chi connectivity index (χ4n) is 8.74. The molecule has 0 N–H and O–H groups in total. The number of ether oxygens (including phenoxy) is 1. The van der Waals surface area contributed by atoms with Crippen LogP contribution in [-0.4, -0.2) is 53.3 Å². The molecule has 2 rings (SSSR count). The highest BCUT2D eigenvalue weighted by molar-refractivity contribution is 6.78. The molecule has 8 heteroatoms. The average molecular weight is 596 g/mol. The van der Waals surface area contributed by atoms with E-state index in [-0.39, 0.29) is 24.3 Å². The Morgan fingerprint density at radius 1 is 0.875 bits per heavy atom. The lowest BCUT2D eigenvalue weighted by Gasteiger charge is -2.50. The third kappa shape index (κ3) is 6.15. The molecule has 1 aliphatic carbocycles. The van der Waals surface area contributed by atoms with Gasteiger partial charge in [0.25, 0.3) is 8.32 Å². The predicted octanol–water partition coefficient (Wildman–Crippen LogP) is 9.29. The molecule has 2 atom stereocenters. The standard InChI is InChI=1S/C32H61NO5Si2/c1-20(2)39(21(3)4,22(5)6)37-19-27-28(38-40(23(7)8,24(9)10)25(11)12)18-26(13)29(32(27,14)15)30(34)33-16-17-36-31(33)35/h20-26,29H,16-19H2,1-15H3/t26-,29-/m0/s1. The van der Waals surface area contributed by atoms with Crippen LogP contribution in [0, 0.1) is 17.3 Å². The van der Waals surface area contributed by atoms with Gasteiger partial charge in [-0.3, -0.25) is 4.79 Å². The van der Waals surface area contributed by atoms with Crippen LogP contribution in [-0.2, 0) is 18.4 Å². The van der Waals surface area contributed by atoms with Crippen LogP contribution >= 0.6 is 0 Å². The van der Waals surface area contributed by atoms with E-state index < -0.39 is 28.1 Å². The molecule has 40 heavy (non-hydrogen) atoms. The minimum Gasteiger partial charge on any atom is -0.546 e. The Morgan fingerprint density at radius 3 is 1.70 bits per heavy atom. The summed E-state index contributed by atoms with van der Waals surface area (Å²) in [6.07, 6.45) is 0.163. The van der Waals surface area contributed by atoms with Gasteiger partial charge in [-0.25, -0.2) is 9.69 Å². The van der Waals surface area contributed by atoms with Crippen LogP contribution in [0.3, 0.4) is 0 Å². The fourth-order valence-corrected chi connectivity index (χ4v) is 19.5. The van der Waals surface area contributed by atoms with Crippen molar-refractivity contribution >= 4 is 28.6 Å². The van der Waals surface area contributed by atoms with Crippen molar-refractivity contribution in [3.63, 3.8) is 0 Å². The summed E-state index contributed by atoms with van der Waals surface area (Å²) in [5, 5.41) is 0. The summed E-state index contributed by atoms with van der Waals surface area (Å²) in [5.74, 6) is 0.588. The number of rotatable bonds is 12. The second-order valence-corrected chi connectivity index (χ2v) is 25.7. The molecule has 232 valence electrons. The number of hydrogen-bond donors (Lipinski definition) is 0. The van der Waals surface area contributed by atoms with Gasteiger partial charge in [-0.2, -0.15) is 0 Å². The Bertz CT molecular complexity index is 894. The quantitative estimate of drug-likeness (QED) is 0.210. The van der Waals surface area contributed by atoms with Crippen LogP contribution < -0.4 is 0 Å².